The number of aliphatic hydroxyl groups is 1. The largest absolute Gasteiger partial charge is 0.393 e. The average molecular weight is 344 g/mol. The summed E-state index contributed by atoms with van der Waals surface area (Å²) in [6, 6.07) is 0. The van der Waals surface area contributed by atoms with Crippen LogP contribution >= 0.6 is 0 Å². The van der Waals surface area contributed by atoms with Gasteiger partial charge in [-0.15, -0.1) is 0 Å². The van der Waals surface area contributed by atoms with E-state index in [1.54, 1.807) is 6.92 Å². The summed E-state index contributed by atoms with van der Waals surface area (Å²) in [5, 5.41) is 10.1. The maximum atomic E-state index is 12.6. The Labute approximate surface area is 151 Å². The number of rotatable bonds is 1. The molecule has 0 radical (unpaired) electrons. The summed E-state index contributed by atoms with van der Waals surface area (Å²) in [6.07, 6.45) is 9.75. The smallest absolute Gasteiger partial charge is 0.165 e. The van der Waals surface area contributed by atoms with Gasteiger partial charge in [0, 0.05) is 5.41 Å². The molecular formula is C22H32O3. The Bertz CT molecular complexity index is 683. The number of allylic oxidation sites excluding steroid dienone is 1. The van der Waals surface area contributed by atoms with Crippen molar-refractivity contribution in [1.82, 2.24) is 0 Å². The number of hydrogen-bond donors (Lipinski definition) is 1. The first-order valence-corrected chi connectivity index (χ1v) is 10.3. The van der Waals surface area contributed by atoms with Crippen LogP contribution in [0.5, 0.6) is 0 Å². The van der Waals surface area contributed by atoms with E-state index >= 15 is 0 Å². The lowest BCUT2D eigenvalue weighted by Gasteiger charge is -2.58. The van der Waals surface area contributed by atoms with E-state index in [0.717, 1.165) is 38.5 Å². The Morgan fingerprint density at radius 3 is 2.68 bits per heavy atom. The molecule has 0 aromatic rings. The average Bonchev–Trinajstić information content (AvgIpc) is 3.13. The van der Waals surface area contributed by atoms with Gasteiger partial charge in [0.25, 0.3) is 0 Å². The van der Waals surface area contributed by atoms with Crippen LogP contribution in [0.25, 0.3) is 0 Å². The summed E-state index contributed by atoms with van der Waals surface area (Å²) in [5.41, 5.74) is 1.05. The van der Waals surface area contributed by atoms with Crippen LogP contribution in [-0.2, 0) is 9.53 Å². The molecule has 1 N–H and O–H groups in total. The highest BCUT2D eigenvalue weighted by Gasteiger charge is 2.85. The normalized spacial score (nSPS) is 59.2. The van der Waals surface area contributed by atoms with Gasteiger partial charge in [0.1, 0.15) is 5.60 Å². The van der Waals surface area contributed by atoms with E-state index in [1.165, 1.54) is 12.0 Å². The van der Waals surface area contributed by atoms with Crippen molar-refractivity contribution >= 4 is 5.78 Å². The Kier molecular flexibility index (Phi) is 3.03. The fourth-order valence-corrected chi connectivity index (χ4v) is 8.26. The zero-order chi connectivity index (χ0) is 17.8. The number of epoxide rings is 1. The van der Waals surface area contributed by atoms with E-state index in [4.69, 9.17) is 4.74 Å². The summed E-state index contributed by atoms with van der Waals surface area (Å²) in [4.78, 5) is 12.6. The van der Waals surface area contributed by atoms with Crippen LogP contribution in [0.15, 0.2) is 11.6 Å². The third kappa shape index (κ3) is 1.69. The molecule has 1 saturated heterocycles. The molecule has 3 heteroatoms. The predicted molar refractivity (Wildman–Crippen MR) is 96.0 cm³/mol. The first kappa shape index (κ1) is 16.5. The number of Topliss-reactive ketones (excluding diaryl/α,β-unsaturated/α-hetero) is 1. The van der Waals surface area contributed by atoms with E-state index in [-0.39, 0.29) is 28.3 Å². The minimum absolute atomic E-state index is 0.00460. The second-order valence-corrected chi connectivity index (χ2v) is 10.4. The van der Waals surface area contributed by atoms with Crippen LogP contribution in [0.4, 0.5) is 0 Å². The third-order valence-corrected chi connectivity index (χ3v) is 9.46. The lowest BCUT2D eigenvalue weighted by atomic mass is 9.47. The van der Waals surface area contributed by atoms with Gasteiger partial charge in [0.2, 0.25) is 0 Å². The van der Waals surface area contributed by atoms with Crippen molar-refractivity contribution in [3.63, 3.8) is 0 Å². The number of hydrogen-bond acceptors (Lipinski definition) is 3. The molecule has 4 aliphatic carbocycles. The first-order valence-electron chi connectivity index (χ1n) is 10.3. The van der Waals surface area contributed by atoms with E-state index in [0.29, 0.717) is 17.8 Å². The molecule has 0 aromatic carbocycles. The fourth-order valence-electron chi connectivity index (χ4n) is 8.26. The highest BCUT2D eigenvalue weighted by Crippen LogP contribution is 2.77. The van der Waals surface area contributed by atoms with Crippen LogP contribution in [0.1, 0.15) is 72.6 Å². The Morgan fingerprint density at radius 2 is 1.96 bits per heavy atom. The number of carbonyl (C=O) groups is 1. The van der Waals surface area contributed by atoms with Crippen molar-refractivity contribution in [2.24, 2.45) is 28.6 Å². The maximum absolute atomic E-state index is 12.6. The molecule has 1 aliphatic heterocycles. The molecule has 0 bridgehead atoms. The van der Waals surface area contributed by atoms with Gasteiger partial charge in [-0.2, -0.15) is 0 Å². The molecule has 5 aliphatic rings. The second kappa shape index (κ2) is 4.59. The molecule has 4 fully saturated rings. The molecule has 8 atom stereocenters. The summed E-state index contributed by atoms with van der Waals surface area (Å²) < 4.78 is 6.19. The number of carbonyl (C=O) groups excluding carboxylic acids is 1. The quantitative estimate of drug-likeness (QED) is 0.577. The highest BCUT2D eigenvalue weighted by molar-refractivity contribution is 5.91. The van der Waals surface area contributed by atoms with Gasteiger partial charge in [-0.3, -0.25) is 4.79 Å². The molecule has 25 heavy (non-hydrogen) atoms. The van der Waals surface area contributed by atoms with E-state index in [1.807, 2.05) is 0 Å². The van der Waals surface area contributed by atoms with Crippen LogP contribution in [0, 0.1) is 28.6 Å². The van der Waals surface area contributed by atoms with Crippen LogP contribution in [0.3, 0.4) is 0 Å². The van der Waals surface area contributed by atoms with Crippen molar-refractivity contribution in [1.29, 1.82) is 0 Å². The van der Waals surface area contributed by atoms with Gasteiger partial charge in [-0.1, -0.05) is 25.5 Å². The fraction of sp³-hybridized carbons (Fsp3) is 0.864. The number of fused-ring (bicyclic) bond motifs is 7. The maximum Gasteiger partial charge on any atom is 0.165 e. The van der Waals surface area contributed by atoms with E-state index in [9.17, 15) is 9.90 Å². The minimum Gasteiger partial charge on any atom is -0.393 e. The van der Waals surface area contributed by atoms with E-state index in [2.05, 4.69) is 26.8 Å². The molecule has 0 aromatic heterocycles. The van der Waals surface area contributed by atoms with Crippen molar-refractivity contribution in [2.45, 2.75) is 89.9 Å². The lowest BCUT2D eigenvalue weighted by Crippen LogP contribution is -2.54. The topological polar surface area (TPSA) is 49.8 Å². The molecule has 3 nitrogen and oxygen atoms in total. The summed E-state index contributed by atoms with van der Waals surface area (Å²) in [5.74, 6) is 2.23. The minimum atomic E-state index is -0.511. The molecule has 5 rings (SSSR count). The van der Waals surface area contributed by atoms with Crippen LogP contribution in [-0.4, -0.2) is 28.2 Å². The van der Waals surface area contributed by atoms with Gasteiger partial charge >= 0.3 is 0 Å². The zero-order valence-corrected chi connectivity index (χ0v) is 16.1. The molecular weight excluding hydrogens is 312 g/mol. The van der Waals surface area contributed by atoms with Gasteiger partial charge in [0.05, 0.1) is 6.10 Å². The van der Waals surface area contributed by atoms with Gasteiger partial charge in [-0.25, -0.2) is 0 Å². The Balaban J connectivity index is 1.53. The van der Waals surface area contributed by atoms with E-state index < -0.39 is 5.60 Å². The van der Waals surface area contributed by atoms with Crippen molar-refractivity contribution in [3.8, 4) is 0 Å². The molecule has 138 valence electrons. The van der Waals surface area contributed by atoms with Crippen molar-refractivity contribution in [3.05, 3.63) is 11.6 Å². The Morgan fingerprint density at radius 1 is 1.20 bits per heavy atom. The lowest BCUT2D eigenvalue weighted by molar-refractivity contribution is -0.135. The first-order chi connectivity index (χ1) is 11.7. The molecule has 1 heterocycles. The second-order valence-electron chi connectivity index (χ2n) is 10.4. The van der Waals surface area contributed by atoms with Crippen molar-refractivity contribution in [2.75, 3.05) is 0 Å². The summed E-state index contributed by atoms with van der Waals surface area (Å²) in [7, 11) is 0. The van der Waals surface area contributed by atoms with Gasteiger partial charge in [0.15, 0.2) is 11.4 Å². The standard InChI is InChI=1S/C22H32O3/c1-13(23)22-20(3)10-8-17-16(18(20)12-21(22,4)25-22)6-5-14-11-15(24)7-9-19(14,17)2/h5,15-18,24H,6-12H2,1-4H3/t15-,16+,17+,18-,19-,20-,21+,22-/m0/s1. The van der Waals surface area contributed by atoms with Gasteiger partial charge in [-0.05, 0) is 82.0 Å². The number of ketones is 1. The molecule has 3 saturated carbocycles. The summed E-state index contributed by atoms with van der Waals surface area (Å²) >= 11 is 0. The number of aliphatic hydroxyl groups excluding tert-OH is 1. The monoisotopic (exact) mass is 344 g/mol. The van der Waals surface area contributed by atoms with Gasteiger partial charge < -0.3 is 9.84 Å². The Hall–Kier alpha value is -0.670. The molecule has 0 amide bonds. The number of ether oxygens (including phenoxy) is 1. The molecule has 0 spiro atoms. The van der Waals surface area contributed by atoms with Crippen molar-refractivity contribution < 1.29 is 14.6 Å². The van der Waals surface area contributed by atoms with Crippen LogP contribution in [0.2, 0.25) is 0 Å². The zero-order valence-electron chi connectivity index (χ0n) is 16.1. The highest BCUT2D eigenvalue weighted by atomic mass is 16.6. The third-order valence-electron chi connectivity index (χ3n) is 9.46. The predicted octanol–water partition coefficient (Wildman–Crippen LogP) is 4.04. The molecule has 0 unspecified atom stereocenters. The van der Waals surface area contributed by atoms with Crippen LogP contribution < -0.4 is 0 Å². The summed E-state index contributed by atoms with van der Waals surface area (Å²) in [6.45, 7) is 8.72. The SMILES string of the molecule is CC(=O)[C@@]12O[C@]1(C)C[C@H]1[C@@H]3CC=C4C[C@@H](O)CC[C@]4(C)[C@@H]3CC[C@@]12C.